The molecule has 0 aliphatic heterocycles. The van der Waals surface area contributed by atoms with E-state index in [0.717, 1.165) is 18.0 Å². The van der Waals surface area contributed by atoms with Gasteiger partial charge in [-0.25, -0.2) is 0 Å². The van der Waals surface area contributed by atoms with Crippen LogP contribution in [0.5, 0.6) is 0 Å². The van der Waals surface area contributed by atoms with Crippen LogP contribution in [-0.2, 0) is 0 Å². The first-order chi connectivity index (χ1) is 8.83. The zero-order valence-electron chi connectivity index (χ0n) is 10.8. The molecule has 0 heterocycles. The van der Waals surface area contributed by atoms with Gasteiger partial charge in [0, 0.05) is 5.56 Å². The van der Waals surface area contributed by atoms with Crippen LogP contribution >= 0.6 is 0 Å². The highest BCUT2D eigenvalue weighted by molar-refractivity contribution is 5.97. The van der Waals surface area contributed by atoms with E-state index in [9.17, 15) is 4.79 Å². The summed E-state index contributed by atoms with van der Waals surface area (Å²) in [6.07, 6.45) is 6.58. The molecule has 2 saturated carbocycles. The Morgan fingerprint density at radius 2 is 2.06 bits per heavy atom. The lowest BCUT2D eigenvalue weighted by molar-refractivity contribution is 0.0991. The van der Waals surface area contributed by atoms with Crippen molar-refractivity contribution in [2.24, 2.45) is 5.92 Å². The molecule has 0 amide bonds. The number of Topliss-reactive ketones (excluding diaryl/α,β-unsaturated/α-hetero) is 1. The molecule has 2 aliphatic rings. The zero-order valence-corrected chi connectivity index (χ0v) is 10.8. The highest BCUT2D eigenvalue weighted by Gasteiger charge is 2.22. The molecule has 1 N–H and O–H groups in total. The minimum Gasteiger partial charge on any atom is -0.309 e. The lowest BCUT2D eigenvalue weighted by atomic mass is 9.79. The number of hydrogen-bond donors (Lipinski definition) is 1. The molecular weight excluding hydrogens is 222 g/mol. The maximum Gasteiger partial charge on any atom is 0.176 e. The van der Waals surface area contributed by atoms with E-state index in [2.05, 4.69) is 17.4 Å². The van der Waals surface area contributed by atoms with Crippen LogP contribution in [0, 0.1) is 5.92 Å². The average molecular weight is 243 g/mol. The normalized spacial score (nSPS) is 19.6. The Bertz CT molecular complexity index is 432. The zero-order chi connectivity index (χ0) is 12.4. The van der Waals surface area contributed by atoms with Gasteiger partial charge in [0.05, 0.1) is 6.54 Å². The minimum atomic E-state index is 0.233. The first-order valence-corrected chi connectivity index (χ1v) is 7.17. The largest absolute Gasteiger partial charge is 0.309 e. The van der Waals surface area contributed by atoms with Gasteiger partial charge in [-0.2, -0.15) is 0 Å². The molecule has 3 rings (SSSR count). The van der Waals surface area contributed by atoms with Gasteiger partial charge in [-0.1, -0.05) is 24.6 Å². The summed E-state index contributed by atoms with van der Waals surface area (Å²) >= 11 is 0. The number of hydrogen-bond acceptors (Lipinski definition) is 2. The van der Waals surface area contributed by atoms with Gasteiger partial charge in [-0.15, -0.1) is 0 Å². The predicted octanol–water partition coefficient (Wildman–Crippen LogP) is 3.14. The fourth-order valence-electron chi connectivity index (χ4n) is 2.52. The molecule has 1 aromatic rings. The second kappa shape index (κ2) is 5.23. The molecule has 1 aromatic carbocycles. The predicted molar refractivity (Wildman–Crippen MR) is 73.0 cm³/mol. The minimum absolute atomic E-state index is 0.233. The fourth-order valence-corrected chi connectivity index (χ4v) is 2.52. The topological polar surface area (TPSA) is 29.1 Å². The third-order valence-electron chi connectivity index (χ3n) is 4.20. The fraction of sp³-hybridized carbons (Fsp3) is 0.562. The van der Waals surface area contributed by atoms with Crippen molar-refractivity contribution in [2.45, 2.75) is 38.0 Å². The van der Waals surface area contributed by atoms with Crippen LogP contribution < -0.4 is 5.32 Å². The molecule has 0 spiro atoms. The molecule has 2 fully saturated rings. The van der Waals surface area contributed by atoms with Crippen LogP contribution in [0.25, 0.3) is 0 Å². The summed E-state index contributed by atoms with van der Waals surface area (Å²) in [7, 11) is 0. The maximum absolute atomic E-state index is 12.1. The number of nitrogens with one attached hydrogen (secondary N) is 1. The van der Waals surface area contributed by atoms with Gasteiger partial charge in [0.25, 0.3) is 0 Å². The van der Waals surface area contributed by atoms with Crippen LogP contribution in [0.1, 0.15) is 53.9 Å². The first-order valence-electron chi connectivity index (χ1n) is 7.17. The quantitative estimate of drug-likeness (QED) is 0.778. The van der Waals surface area contributed by atoms with Gasteiger partial charge in [0.1, 0.15) is 0 Å². The molecule has 0 atom stereocenters. The third kappa shape index (κ3) is 2.81. The van der Waals surface area contributed by atoms with Crippen molar-refractivity contribution >= 4 is 5.78 Å². The van der Waals surface area contributed by atoms with E-state index < -0.39 is 0 Å². The summed E-state index contributed by atoms with van der Waals surface area (Å²) < 4.78 is 0. The monoisotopic (exact) mass is 243 g/mol. The Kier molecular flexibility index (Phi) is 3.46. The Balaban J connectivity index is 1.57. The van der Waals surface area contributed by atoms with Gasteiger partial charge in [0.15, 0.2) is 5.78 Å². The van der Waals surface area contributed by atoms with E-state index in [1.54, 1.807) is 0 Å². The number of carbonyl (C=O) groups is 1. The molecule has 0 saturated heterocycles. The SMILES string of the molecule is O=C(CNCC1CC1)c1cccc(C2CCC2)c1. The van der Waals surface area contributed by atoms with Crippen molar-refractivity contribution in [1.82, 2.24) is 5.32 Å². The second-order valence-electron chi connectivity index (χ2n) is 5.75. The molecule has 0 radical (unpaired) electrons. The highest BCUT2D eigenvalue weighted by atomic mass is 16.1. The van der Waals surface area contributed by atoms with Gasteiger partial charge in [0.2, 0.25) is 0 Å². The van der Waals surface area contributed by atoms with Gasteiger partial charge in [-0.3, -0.25) is 4.79 Å². The summed E-state index contributed by atoms with van der Waals surface area (Å²) in [5.74, 6) is 1.77. The summed E-state index contributed by atoms with van der Waals surface area (Å²) in [6, 6.07) is 8.24. The van der Waals surface area contributed by atoms with Crippen molar-refractivity contribution in [1.29, 1.82) is 0 Å². The van der Waals surface area contributed by atoms with E-state index >= 15 is 0 Å². The van der Waals surface area contributed by atoms with Crippen molar-refractivity contribution in [2.75, 3.05) is 13.1 Å². The molecule has 2 heteroatoms. The van der Waals surface area contributed by atoms with E-state index in [-0.39, 0.29) is 5.78 Å². The third-order valence-corrected chi connectivity index (χ3v) is 4.20. The molecule has 0 aromatic heterocycles. The number of rotatable bonds is 6. The van der Waals surface area contributed by atoms with Crippen molar-refractivity contribution < 1.29 is 4.79 Å². The molecule has 0 bridgehead atoms. The van der Waals surface area contributed by atoms with Crippen LogP contribution in [-0.4, -0.2) is 18.9 Å². The van der Waals surface area contributed by atoms with Gasteiger partial charge < -0.3 is 5.32 Å². The standard InChI is InChI=1S/C16H21NO/c18-16(11-17-10-12-7-8-12)15-6-2-5-14(9-15)13-3-1-4-13/h2,5-6,9,12-13,17H,1,3-4,7-8,10-11H2. The van der Waals surface area contributed by atoms with Crippen LogP contribution in [0.4, 0.5) is 0 Å². The number of ketones is 1. The summed E-state index contributed by atoms with van der Waals surface area (Å²) in [5.41, 5.74) is 2.23. The van der Waals surface area contributed by atoms with E-state index in [0.29, 0.717) is 12.5 Å². The Labute approximate surface area is 109 Å². The molecular formula is C16H21NO. The van der Waals surface area contributed by atoms with E-state index in [4.69, 9.17) is 0 Å². The molecule has 0 unspecified atom stereocenters. The van der Waals surface area contributed by atoms with Gasteiger partial charge >= 0.3 is 0 Å². The lowest BCUT2D eigenvalue weighted by Gasteiger charge is -2.26. The van der Waals surface area contributed by atoms with E-state index in [1.165, 1.54) is 37.7 Å². The average Bonchev–Trinajstić information content (AvgIpc) is 3.11. The highest BCUT2D eigenvalue weighted by Crippen LogP contribution is 2.36. The van der Waals surface area contributed by atoms with Crippen molar-refractivity contribution in [3.8, 4) is 0 Å². The summed E-state index contributed by atoms with van der Waals surface area (Å²) in [5, 5.41) is 3.27. The Hall–Kier alpha value is -1.15. The number of carbonyl (C=O) groups excluding carboxylic acids is 1. The Morgan fingerprint density at radius 1 is 1.22 bits per heavy atom. The van der Waals surface area contributed by atoms with Crippen LogP contribution in [0.3, 0.4) is 0 Å². The van der Waals surface area contributed by atoms with Crippen LogP contribution in [0.15, 0.2) is 24.3 Å². The number of benzene rings is 1. The smallest absolute Gasteiger partial charge is 0.176 e. The molecule has 96 valence electrons. The molecule has 2 aliphatic carbocycles. The van der Waals surface area contributed by atoms with Gasteiger partial charge in [-0.05, 0) is 55.7 Å². The van der Waals surface area contributed by atoms with Crippen LogP contribution in [0.2, 0.25) is 0 Å². The molecule has 18 heavy (non-hydrogen) atoms. The van der Waals surface area contributed by atoms with Crippen molar-refractivity contribution in [3.63, 3.8) is 0 Å². The second-order valence-corrected chi connectivity index (χ2v) is 5.75. The molecule has 2 nitrogen and oxygen atoms in total. The summed E-state index contributed by atoms with van der Waals surface area (Å²) in [4.78, 5) is 12.1. The van der Waals surface area contributed by atoms with Crippen molar-refractivity contribution in [3.05, 3.63) is 35.4 Å². The van der Waals surface area contributed by atoms with E-state index in [1.807, 2.05) is 12.1 Å². The summed E-state index contributed by atoms with van der Waals surface area (Å²) in [6.45, 7) is 1.50. The first kappa shape index (κ1) is 11.9. The Morgan fingerprint density at radius 3 is 2.72 bits per heavy atom. The lowest BCUT2D eigenvalue weighted by Crippen LogP contribution is -2.25. The maximum atomic E-state index is 12.1.